The molecule has 0 spiro atoms. The second-order valence-corrected chi connectivity index (χ2v) is 6.29. The number of nitrogens with zero attached hydrogens (tertiary/aromatic N) is 1. The SMILES string of the molecule is CNc1snc(C)c1C(=O)Nc1ccc(NC(=O)C2CC2)cc1. The molecule has 1 saturated carbocycles. The maximum atomic E-state index is 12.4. The number of carbonyl (C=O) groups is 2. The molecule has 7 heteroatoms. The average Bonchev–Trinajstić information content (AvgIpc) is 3.32. The molecule has 2 aromatic rings. The van der Waals surface area contributed by atoms with E-state index in [0.717, 1.165) is 23.5 Å². The summed E-state index contributed by atoms with van der Waals surface area (Å²) in [5.74, 6) is 0.0409. The van der Waals surface area contributed by atoms with E-state index in [1.54, 1.807) is 31.3 Å². The molecule has 0 atom stereocenters. The van der Waals surface area contributed by atoms with Crippen LogP contribution >= 0.6 is 11.5 Å². The van der Waals surface area contributed by atoms with Crippen molar-refractivity contribution in [3.63, 3.8) is 0 Å². The van der Waals surface area contributed by atoms with Gasteiger partial charge in [0.1, 0.15) is 5.00 Å². The smallest absolute Gasteiger partial charge is 0.260 e. The van der Waals surface area contributed by atoms with E-state index in [1.165, 1.54) is 11.5 Å². The zero-order chi connectivity index (χ0) is 16.4. The lowest BCUT2D eigenvalue weighted by Crippen LogP contribution is -2.15. The van der Waals surface area contributed by atoms with Gasteiger partial charge in [-0.2, -0.15) is 4.37 Å². The maximum Gasteiger partial charge on any atom is 0.260 e. The van der Waals surface area contributed by atoms with E-state index >= 15 is 0 Å². The first-order valence-corrected chi connectivity index (χ1v) is 8.22. The minimum Gasteiger partial charge on any atom is -0.378 e. The third-order valence-corrected chi connectivity index (χ3v) is 4.63. The van der Waals surface area contributed by atoms with Crippen molar-refractivity contribution < 1.29 is 9.59 Å². The van der Waals surface area contributed by atoms with Crippen LogP contribution in [0.1, 0.15) is 28.9 Å². The summed E-state index contributed by atoms with van der Waals surface area (Å²) in [6.45, 7) is 1.81. The van der Waals surface area contributed by atoms with Gasteiger partial charge < -0.3 is 16.0 Å². The van der Waals surface area contributed by atoms with Crippen molar-refractivity contribution in [3.05, 3.63) is 35.5 Å². The standard InChI is InChI=1S/C16H18N4O2S/c1-9-13(16(17-2)23-20-9)15(22)19-12-7-5-11(6-8-12)18-14(21)10-3-4-10/h5-8,10,17H,3-4H2,1-2H3,(H,18,21)(H,19,22). The fraction of sp³-hybridized carbons (Fsp3) is 0.312. The molecule has 1 aliphatic rings. The Morgan fingerprint density at radius 2 is 1.74 bits per heavy atom. The molecule has 6 nitrogen and oxygen atoms in total. The minimum absolute atomic E-state index is 0.0698. The maximum absolute atomic E-state index is 12.4. The van der Waals surface area contributed by atoms with Crippen molar-refractivity contribution in [1.82, 2.24) is 4.37 Å². The van der Waals surface area contributed by atoms with E-state index in [1.807, 2.05) is 6.92 Å². The van der Waals surface area contributed by atoms with Gasteiger partial charge in [-0.3, -0.25) is 9.59 Å². The van der Waals surface area contributed by atoms with Gasteiger partial charge in [0.05, 0.1) is 11.3 Å². The monoisotopic (exact) mass is 330 g/mol. The third-order valence-electron chi connectivity index (χ3n) is 3.68. The highest BCUT2D eigenvalue weighted by Crippen LogP contribution is 2.30. The van der Waals surface area contributed by atoms with Crippen LogP contribution in [-0.2, 0) is 4.79 Å². The molecular formula is C16H18N4O2S. The summed E-state index contributed by atoms with van der Waals surface area (Å²) in [5.41, 5.74) is 2.67. The average molecular weight is 330 g/mol. The third kappa shape index (κ3) is 3.50. The summed E-state index contributed by atoms with van der Waals surface area (Å²) in [6, 6.07) is 7.12. The summed E-state index contributed by atoms with van der Waals surface area (Å²) in [7, 11) is 1.76. The number of aromatic nitrogens is 1. The molecule has 1 aliphatic carbocycles. The van der Waals surface area contributed by atoms with Gasteiger partial charge in [-0.15, -0.1) is 0 Å². The highest BCUT2D eigenvalue weighted by atomic mass is 32.1. The Balaban J connectivity index is 1.66. The molecule has 0 radical (unpaired) electrons. The number of nitrogens with one attached hydrogen (secondary N) is 3. The van der Waals surface area contributed by atoms with Crippen LogP contribution in [0.5, 0.6) is 0 Å². The lowest BCUT2D eigenvalue weighted by atomic mass is 10.2. The number of hydrogen-bond donors (Lipinski definition) is 3. The van der Waals surface area contributed by atoms with Crippen LogP contribution in [0, 0.1) is 12.8 Å². The topological polar surface area (TPSA) is 83.1 Å². The molecule has 2 amide bonds. The first-order chi connectivity index (χ1) is 11.1. The van der Waals surface area contributed by atoms with Gasteiger partial charge in [-0.25, -0.2) is 0 Å². The summed E-state index contributed by atoms with van der Waals surface area (Å²) in [6.07, 6.45) is 1.95. The number of anilines is 3. The Kier molecular flexibility index (Phi) is 4.29. The highest BCUT2D eigenvalue weighted by Gasteiger charge is 2.29. The highest BCUT2D eigenvalue weighted by molar-refractivity contribution is 7.10. The van der Waals surface area contributed by atoms with Crippen LogP contribution < -0.4 is 16.0 Å². The Labute approximate surface area is 138 Å². The molecule has 23 heavy (non-hydrogen) atoms. The van der Waals surface area contributed by atoms with Crippen LogP contribution in [0.4, 0.5) is 16.4 Å². The number of hydrogen-bond acceptors (Lipinski definition) is 5. The number of rotatable bonds is 5. The first-order valence-electron chi connectivity index (χ1n) is 7.45. The van der Waals surface area contributed by atoms with E-state index in [-0.39, 0.29) is 17.7 Å². The molecule has 120 valence electrons. The van der Waals surface area contributed by atoms with Crippen molar-refractivity contribution in [2.24, 2.45) is 5.92 Å². The Morgan fingerprint density at radius 3 is 2.30 bits per heavy atom. The predicted molar refractivity (Wildman–Crippen MR) is 92.1 cm³/mol. The summed E-state index contributed by atoms with van der Waals surface area (Å²) >= 11 is 1.26. The molecule has 0 aliphatic heterocycles. The van der Waals surface area contributed by atoms with Crippen molar-refractivity contribution in [2.75, 3.05) is 23.0 Å². The van der Waals surface area contributed by atoms with Crippen molar-refractivity contribution >= 4 is 39.7 Å². The van der Waals surface area contributed by atoms with Crippen molar-refractivity contribution in [1.29, 1.82) is 0 Å². The van der Waals surface area contributed by atoms with Crippen LogP contribution in [0.2, 0.25) is 0 Å². The van der Waals surface area contributed by atoms with E-state index < -0.39 is 0 Å². The van der Waals surface area contributed by atoms with Gasteiger partial charge in [0.25, 0.3) is 5.91 Å². The Bertz CT molecular complexity index is 735. The number of carbonyl (C=O) groups excluding carboxylic acids is 2. The number of benzene rings is 1. The van der Waals surface area contributed by atoms with Crippen LogP contribution in [0.25, 0.3) is 0 Å². The van der Waals surface area contributed by atoms with Gasteiger partial charge in [-0.05, 0) is 55.6 Å². The predicted octanol–water partition coefficient (Wildman–Crippen LogP) is 3.09. The van der Waals surface area contributed by atoms with Crippen LogP contribution in [-0.4, -0.2) is 23.2 Å². The Hall–Kier alpha value is -2.41. The fourth-order valence-corrected chi connectivity index (χ4v) is 2.97. The van der Waals surface area contributed by atoms with Gasteiger partial charge in [-0.1, -0.05) is 0 Å². The molecule has 1 heterocycles. The molecular weight excluding hydrogens is 312 g/mol. The quantitative estimate of drug-likeness (QED) is 0.786. The van der Waals surface area contributed by atoms with Gasteiger partial charge in [0, 0.05) is 24.3 Å². The molecule has 0 saturated heterocycles. The lowest BCUT2D eigenvalue weighted by Gasteiger charge is -2.08. The van der Waals surface area contributed by atoms with Gasteiger partial charge in [0.15, 0.2) is 0 Å². The fourth-order valence-electron chi connectivity index (χ4n) is 2.23. The molecule has 3 N–H and O–H groups in total. The molecule has 0 unspecified atom stereocenters. The first kappa shape index (κ1) is 15.5. The van der Waals surface area contributed by atoms with E-state index in [9.17, 15) is 9.59 Å². The zero-order valence-electron chi connectivity index (χ0n) is 13.0. The molecule has 0 bridgehead atoms. The number of amides is 2. The van der Waals surface area contributed by atoms with Gasteiger partial charge in [0.2, 0.25) is 5.91 Å². The molecule has 1 fully saturated rings. The van der Waals surface area contributed by atoms with Crippen LogP contribution in [0.3, 0.4) is 0 Å². The zero-order valence-corrected chi connectivity index (χ0v) is 13.8. The van der Waals surface area contributed by atoms with E-state index in [4.69, 9.17) is 0 Å². The normalized spacial score (nSPS) is 13.5. The second-order valence-electron chi connectivity index (χ2n) is 5.52. The second kappa shape index (κ2) is 6.37. The summed E-state index contributed by atoms with van der Waals surface area (Å²) in [4.78, 5) is 24.1. The molecule has 1 aromatic carbocycles. The number of aryl methyl sites for hydroxylation is 1. The summed E-state index contributed by atoms with van der Waals surface area (Å²) in [5, 5.41) is 9.44. The largest absolute Gasteiger partial charge is 0.378 e. The molecule has 1 aromatic heterocycles. The van der Waals surface area contributed by atoms with E-state index in [0.29, 0.717) is 16.9 Å². The van der Waals surface area contributed by atoms with Crippen LogP contribution in [0.15, 0.2) is 24.3 Å². The lowest BCUT2D eigenvalue weighted by molar-refractivity contribution is -0.117. The molecule has 3 rings (SSSR count). The minimum atomic E-state index is -0.199. The Morgan fingerprint density at radius 1 is 1.13 bits per heavy atom. The van der Waals surface area contributed by atoms with Crippen molar-refractivity contribution in [3.8, 4) is 0 Å². The summed E-state index contributed by atoms with van der Waals surface area (Å²) < 4.78 is 4.19. The van der Waals surface area contributed by atoms with Gasteiger partial charge >= 0.3 is 0 Å². The van der Waals surface area contributed by atoms with E-state index in [2.05, 4.69) is 20.3 Å². The van der Waals surface area contributed by atoms with Crippen molar-refractivity contribution in [2.45, 2.75) is 19.8 Å².